The predicted octanol–water partition coefficient (Wildman–Crippen LogP) is 24.4. The van der Waals surface area contributed by atoms with Gasteiger partial charge in [-0.25, -0.2) is 75.8 Å². The van der Waals surface area contributed by atoms with E-state index in [2.05, 4.69) is 149 Å². The van der Waals surface area contributed by atoms with Gasteiger partial charge in [0.2, 0.25) is 0 Å². The Labute approximate surface area is 791 Å². The molecule has 684 valence electrons. The largest absolute Gasteiger partial charge is 0.508 e. The van der Waals surface area contributed by atoms with Crippen molar-refractivity contribution in [3.63, 3.8) is 0 Å². The molecule has 0 aromatic heterocycles. The topological polar surface area (TPSA) is 231 Å². The number of hydrogen-bond donors (Lipinski definition) is 5. The SMILES string of the molecule is COC(=O)c1cc(C)c(Br)c(F)c1F.COC(=O)c1cc(I)c(Br)c(F)c1F.Cc1cc(C=O)c(F)c(F)c1C1=C2C=CC(=O)C=C2[Si](C)(C)c2cc(O)ccc21.Cc1cc(CO)c(F)c(F)c1Br.Cc1cc(CO)c(F)c(F)c1C1=C2C=CC(=O)C=C2[Si](C)(C)c2cc(O)ccc21.Cc1cc(CO[Si](C)(C)C(C)(C)C)c(F)c(F)c1Br.O=C(O)c1ccc(Br)c(F)c1F. The second kappa shape index (κ2) is 43.7. The van der Waals surface area contributed by atoms with Crippen molar-refractivity contribution in [3.05, 3.63) is 339 Å². The van der Waals surface area contributed by atoms with Gasteiger partial charge in [-0.3, -0.25) is 14.4 Å². The van der Waals surface area contributed by atoms with Gasteiger partial charge in [-0.05, 0) is 328 Å². The molecule has 0 amide bonds. The molecule has 4 aliphatic rings. The van der Waals surface area contributed by atoms with Crippen molar-refractivity contribution in [2.45, 2.75) is 120 Å². The number of ketones is 2. The number of aliphatic hydroxyl groups excluding tert-OH is 2. The number of carbonyl (C=O) groups excluding carboxylic acids is 5. The molecular formula is C92H80Br5F14IO14Si3. The first-order chi connectivity index (χ1) is 59.9. The molecule has 2 heterocycles. The number of phenolic OH excluding ortho intramolecular Hbond substituents is 2. The highest BCUT2D eigenvalue weighted by molar-refractivity contribution is 14.1. The summed E-state index contributed by atoms with van der Waals surface area (Å²) in [6.45, 7) is 26.0. The van der Waals surface area contributed by atoms with E-state index >= 15 is 8.78 Å². The maximum Gasteiger partial charge on any atom is 0.340 e. The maximum absolute atomic E-state index is 15.2. The molecule has 9 aromatic rings. The second-order valence-electron chi connectivity index (χ2n) is 31.6. The van der Waals surface area contributed by atoms with Gasteiger partial charge < -0.3 is 39.4 Å². The lowest BCUT2D eigenvalue weighted by atomic mass is 9.86. The zero-order chi connectivity index (χ0) is 97.5. The van der Waals surface area contributed by atoms with Crippen LogP contribution < -0.4 is 10.4 Å². The van der Waals surface area contributed by atoms with Crippen LogP contribution in [0.1, 0.15) is 129 Å². The molecule has 0 saturated heterocycles. The number of ether oxygens (including phenoxy) is 2. The van der Waals surface area contributed by atoms with Crippen molar-refractivity contribution >= 4 is 184 Å². The fraction of sp³-hybridized carbons (Fsp3) is 0.217. The van der Waals surface area contributed by atoms with Crippen molar-refractivity contribution in [2.75, 3.05) is 14.2 Å². The molecule has 0 unspecified atom stereocenters. The third-order valence-electron chi connectivity index (χ3n) is 21.3. The van der Waals surface area contributed by atoms with Gasteiger partial charge in [0, 0.05) is 31.4 Å². The molecule has 0 saturated carbocycles. The maximum atomic E-state index is 15.2. The van der Waals surface area contributed by atoms with Crippen LogP contribution in [0.5, 0.6) is 11.5 Å². The molecule has 0 bridgehead atoms. The number of benzene rings is 9. The van der Waals surface area contributed by atoms with Gasteiger partial charge >= 0.3 is 17.9 Å². The molecule has 129 heavy (non-hydrogen) atoms. The Hall–Kier alpha value is -8.88. The number of halogens is 20. The number of fused-ring (bicyclic) bond motifs is 4. The monoisotopic (exact) mass is 2280 g/mol. The number of rotatable bonds is 11. The molecule has 37 heteroatoms. The highest BCUT2D eigenvalue weighted by atomic mass is 127. The number of methoxy groups -OCH3 is 2. The number of esters is 2. The number of carbonyl (C=O) groups is 6. The molecule has 0 atom stereocenters. The van der Waals surface area contributed by atoms with E-state index in [1.165, 1.54) is 54.6 Å². The van der Waals surface area contributed by atoms with E-state index in [0.717, 1.165) is 52.7 Å². The fourth-order valence-electron chi connectivity index (χ4n) is 13.4. The van der Waals surface area contributed by atoms with Crippen molar-refractivity contribution in [2.24, 2.45) is 0 Å². The minimum atomic E-state index is -2.39. The highest BCUT2D eigenvalue weighted by Crippen LogP contribution is 2.47. The van der Waals surface area contributed by atoms with Gasteiger partial charge in [0.1, 0.15) is 27.6 Å². The zero-order valence-corrected chi connectivity index (χ0v) is 84.3. The Bertz CT molecular complexity index is 6210. The van der Waals surface area contributed by atoms with Crippen LogP contribution >= 0.6 is 102 Å². The van der Waals surface area contributed by atoms with Crippen LogP contribution in [0.2, 0.25) is 44.3 Å². The van der Waals surface area contributed by atoms with E-state index in [0.29, 0.717) is 65.5 Å². The Kier molecular flexibility index (Phi) is 36.3. The number of aldehydes is 1. The summed E-state index contributed by atoms with van der Waals surface area (Å²) in [6, 6.07) is 20.2. The number of aromatic hydroxyl groups is 2. The van der Waals surface area contributed by atoms with Crippen LogP contribution in [0.3, 0.4) is 0 Å². The van der Waals surface area contributed by atoms with Crippen LogP contribution in [0, 0.1) is 120 Å². The molecule has 0 fully saturated rings. The van der Waals surface area contributed by atoms with Crippen molar-refractivity contribution in [1.82, 2.24) is 0 Å². The van der Waals surface area contributed by atoms with Crippen LogP contribution in [-0.2, 0) is 43.3 Å². The second-order valence-corrected chi connectivity index (χ2v) is 50.3. The Morgan fingerprint density at radius 2 is 0.822 bits per heavy atom. The molecule has 2 aliphatic carbocycles. The van der Waals surface area contributed by atoms with Crippen molar-refractivity contribution in [1.29, 1.82) is 0 Å². The Balaban J connectivity index is 0.000000213. The summed E-state index contributed by atoms with van der Waals surface area (Å²) in [5.41, 5.74) is 4.87. The summed E-state index contributed by atoms with van der Waals surface area (Å²) >= 11 is 16.2. The van der Waals surface area contributed by atoms with Crippen LogP contribution in [0.4, 0.5) is 61.5 Å². The number of phenols is 2. The van der Waals surface area contributed by atoms with Gasteiger partial charge in [0.15, 0.2) is 108 Å². The molecule has 9 aromatic carbocycles. The summed E-state index contributed by atoms with van der Waals surface area (Å²) in [7, 11) is -4.51. The first kappa shape index (κ1) is 107. The summed E-state index contributed by atoms with van der Waals surface area (Å²) in [5.74, 6) is -18.5. The number of aliphatic hydroxyl groups is 2. The van der Waals surface area contributed by atoms with Gasteiger partial charge in [0.05, 0.1) is 78.7 Å². The lowest BCUT2D eigenvalue weighted by Gasteiger charge is -2.37. The van der Waals surface area contributed by atoms with E-state index in [-0.39, 0.29) is 90.5 Å². The number of aromatic carboxylic acids is 1. The molecule has 5 N–H and O–H groups in total. The van der Waals surface area contributed by atoms with E-state index < -0.39 is 154 Å². The van der Waals surface area contributed by atoms with E-state index in [9.17, 15) is 96.8 Å². The van der Waals surface area contributed by atoms with Crippen molar-refractivity contribution in [3.8, 4) is 11.5 Å². The number of carboxylic acid groups (broad SMARTS) is 1. The van der Waals surface area contributed by atoms with Crippen LogP contribution in [-0.4, -0.2) is 100.0 Å². The standard InChI is InChI=1S/C23H20F2O3Si.C23H18F2O3Si.C14H21BrF2OSi.C9H7BrF2O2.C8H4BrF2IO2.C8H7BrF2O.C7H3BrF2O2/c2*1-12-8-13(11-26)22(24)23(25)20(12)21-16-6-4-14(27)9-18(16)29(2,3)19-10-15(28)5-7-17(19)21;1-9-7-10(12(16)13(17)11(9)15)8-18-19(5,6)14(2,3)4;1-4-3-5(9(13)14-2)7(11)8(12)6(4)10;1-14-8(13)3-2-4(12)5(9)7(11)6(3)10;1-4-2-5(3-12)7(10)8(11)6(4)9;8-4-2-1-3(7(11)12)5(9)6(4)10/h4-10,26-27H,11H2,1-3H3;4-11,27H,1-3H3;7H,8H2,1-6H3;3H,1-2H3;2H,1H3;2,12H,3H2,1H3;1-2H,(H,11,12). The highest BCUT2D eigenvalue weighted by Gasteiger charge is 2.44. The van der Waals surface area contributed by atoms with Crippen LogP contribution in [0.15, 0.2) is 165 Å². The lowest BCUT2D eigenvalue weighted by molar-refractivity contribution is -0.111. The molecule has 14 nitrogen and oxygen atoms in total. The smallest absolute Gasteiger partial charge is 0.340 e. The van der Waals surface area contributed by atoms with E-state index in [1.54, 1.807) is 112 Å². The van der Waals surface area contributed by atoms with Gasteiger partial charge in [-0.15, -0.1) is 0 Å². The van der Waals surface area contributed by atoms with Gasteiger partial charge in [-0.2, -0.15) is 0 Å². The fourth-order valence-corrected chi connectivity index (χ4v) is 22.5. The number of allylic oxidation sites excluding steroid dienone is 10. The van der Waals surface area contributed by atoms with Gasteiger partial charge in [-0.1, -0.05) is 77.3 Å². The first-order valence-electron chi connectivity index (χ1n) is 38.0. The summed E-state index contributed by atoms with van der Waals surface area (Å²) in [6.07, 6.45) is 9.59. The zero-order valence-electron chi connectivity index (χ0n) is 71.2. The summed E-state index contributed by atoms with van der Waals surface area (Å²) < 4.78 is 206. The minimum Gasteiger partial charge on any atom is -0.508 e. The molecule has 2 aliphatic heterocycles. The lowest BCUT2D eigenvalue weighted by Crippen LogP contribution is -2.49. The average molecular weight is 2290 g/mol. The summed E-state index contributed by atoms with van der Waals surface area (Å²) in [5, 5.41) is 49.9. The Morgan fingerprint density at radius 3 is 1.23 bits per heavy atom. The minimum absolute atomic E-state index is 0.00301. The molecule has 0 spiro atoms. The Morgan fingerprint density at radius 1 is 0.457 bits per heavy atom. The normalized spacial score (nSPS) is 13.7. The third-order valence-corrected chi connectivity index (χ3v) is 38.8. The molecular weight excluding hydrogens is 2210 g/mol. The number of carboxylic acids is 1. The number of hydrogen-bond acceptors (Lipinski definition) is 13. The first-order valence-corrected chi connectivity index (χ1v) is 51.9. The summed E-state index contributed by atoms with van der Waals surface area (Å²) in [4.78, 5) is 67.6. The van der Waals surface area contributed by atoms with Crippen molar-refractivity contribution < 1.29 is 130 Å². The quantitative estimate of drug-likeness (QED) is 0.0154. The third kappa shape index (κ3) is 23.2. The molecule has 13 rings (SSSR count). The van der Waals surface area contributed by atoms with Crippen LogP contribution in [0.25, 0.3) is 11.1 Å². The van der Waals surface area contributed by atoms with E-state index in [1.807, 2.05) is 0 Å². The van der Waals surface area contributed by atoms with E-state index in [4.69, 9.17) is 14.6 Å². The predicted molar refractivity (Wildman–Crippen MR) is 495 cm³/mol. The number of aryl methyl sites for hydroxylation is 5. The van der Waals surface area contributed by atoms with Gasteiger partial charge in [0.25, 0.3) is 0 Å². The molecule has 0 radical (unpaired) electrons. The average Bonchev–Trinajstić information content (AvgIpc) is 0.719.